The molecule has 2 N–H and O–H groups in total. The minimum absolute atomic E-state index is 0.0180. The monoisotopic (exact) mass is 403 g/mol. The van der Waals surface area contributed by atoms with Crippen LogP contribution in [0.1, 0.15) is 78.6 Å². The average Bonchev–Trinajstić information content (AvgIpc) is 2.58. The normalized spacial score (nSPS) is 13.2. The summed E-state index contributed by atoms with van der Waals surface area (Å²) in [4.78, 5) is 24.7. The number of anilines is 1. The van der Waals surface area contributed by atoms with Gasteiger partial charge in [0, 0.05) is 11.1 Å². The van der Waals surface area contributed by atoms with E-state index in [9.17, 15) is 14.7 Å². The summed E-state index contributed by atoms with van der Waals surface area (Å²) in [7, 11) is 1.24. The van der Waals surface area contributed by atoms with E-state index in [-0.39, 0.29) is 28.1 Å². The molecular formula is C24H37NO4. The Morgan fingerprint density at radius 2 is 1.66 bits per heavy atom. The van der Waals surface area contributed by atoms with Crippen LogP contribution in [-0.4, -0.2) is 24.1 Å². The van der Waals surface area contributed by atoms with Crippen LogP contribution in [0, 0.1) is 16.2 Å². The molecule has 1 amide bonds. The topological polar surface area (TPSA) is 75.6 Å². The number of esters is 1. The first-order valence-electron chi connectivity index (χ1n) is 9.99. The molecule has 0 saturated carbocycles. The Bertz CT molecular complexity index is 783. The number of phenols is 1. The molecule has 1 aromatic rings. The van der Waals surface area contributed by atoms with Crippen LogP contribution in [0.3, 0.4) is 0 Å². The Morgan fingerprint density at radius 3 is 2.17 bits per heavy atom. The maximum Gasteiger partial charge on any atom is 0.341 e. The van der Waals surface area contributed by atoms with Gasteiger partial charge in [-0.15, -0.1) is 0 Å². The van der Waals surface area contributed by atoms with E-state index < -0.39 is 11.4 Å². The van der Waals surface area contributed by atoms with Gasteiger partial charge in [-0.3, -0.25) is 4.79 Å². The molecular weight excluding hydrogens is 366 g/mol. The molecule has 0 spiro atoms. The highest BCUT2D eigenvalue weighted by Gasteiger charge is 2.35. The van der Waals surface area contributed by atoms with E-state index in [1.54, 1.807) is 6.07 Å². The van der Waals surface area contributed by atoms with Crippen molar-refractivity contribution < 1.29 is 19.4 Å². The summed E-state index contributed by atoms with van der Waals surface area (Å²) >= 11 is 0. The zero-order valence-corrected chi connectivity index (χ0v) is 19.4. The lowest BCUT2D eigenvalue weighted by Gasteiger charge is -2.35. The lowest BCUT2D eigenvalue weighted by molar-refractivity contribution is -0.125. The third-order valence-electron chi connectivity index (χ3n) is 5.25. The van der Waals surface area contributed by atoms with Crippen LogP contribution in [0.4, 0.5) is 5.69 Å². The zero-order chi connectivity index (χ0) is 22.6. The second kappa shape index (κ2) is 9.02. The van der Waals surface area contributed by atoms with Crippen molar-refractivity contribution in [3.63, 3.8) is 0 Å². The molecule has 5 nitrogen and oxygen atoms in total. The molecule has 0 aliphatic heterocycles. The summed E-state index contributed by atoms with van der Waals surface area (Å²) in [5, 5.41) is 12.7. The number of ether oxygens (including phenoxy) is 1. The third kappa shape index (κ3) is 7.22. The van der Waals surface area contributed by atoms with Gasteiger partial charge in [0.25, 0.3) is 0 Å². The molecule has 1 rings (SSSR count). The van der Waals surface area contributed by atoms with Gasteiger partial charge in [0.15, 0.2) is 0 Å². The van der Waals surface area contributed by atoms with Crippen LogP contribution < -0.4 is 5.32 Å². The van der Waals surface area contributed by atoms with E-state index >= 15 is 0 Å². The van der Waals surface area contributed by atoms with Crippen molar-refractivity contribution in [1.82, 2.24) is 0 Å². The van der Waals surface area contributed by atoms with Crippen LogP contribution >= 0.6 is 0 Å². The molecule has 162 valence electrons. The molecule has 0 heterocycles. The summed E-state index contributed by atoms with van der Waals surface area (Å²) in [6, 6.07) is 4.36. The molecule has 0 unspecified atom stereocenters. The predicted octanol–water partition coefficient (Wildman–Crippen LogP) is 5.94. The predicted molar refractivity (Wildman–Crippen MR) is 118 cm³/mol. The summed E-state index contributed by atoms with van der Waals surface area (Å²) in [6.07, 6.45) is 3.93. The molecule has 29 heavy (non-hydrogen) atoms. The molecule has 0 aliphatic carbocycles. The summed E-state index contributed by atoms with van der Waals surface area (Å²) in [5.41, 5.74) is 1.18. The fourth-order valence-electron chi connectivity index (χ4n) is 3.25. The number of methoxy groups -OCH3 is 1. The van der Waals surface area contributed by atoms with E-state index in [1.807, 2.05) is 13.8 Å². The van der Waals surface area contributed by atoms with Crippen molar-refractivity contribution in [3.05, 3.63) is 35.4 Å². The van der Waals surface area contributed by atoms with Gasteiger partial charge in [-0.2, -0.15) is 0 Å². The summed E-state index contributed by atoms with van der Waals surface area (Å²) in [6.45, 7) is 16.9. The Labute approximate surface area is 175 Å². The second-order valence-electron chi connectivity index (χ2n) is 10.3. The average molecular weight is 404 g/mol. The van der Waals surface area contributed by atoms with Crippen molar-refractivity contribution in [2.75, 3.05) is 12.4 Å². The number of hydrogen-bond acceptors (Lipinski definition) is 4. The van der Waals surface area contributed by atoms with Gasteiger partial charge in [-0.1, -0.05) is 60.1 Å². The smallest absolute Gasteiger partial charge is 0.341 e. The highest BCUT2D eigenvalue weighted by atomic mass is 16.5. The fourth-order valence-corrected chi connectivity index (χ4v) is 3.25. The number of amides is 1. The Kier molecular flexibility index (Phi) is 7.69. The summed E-state index contributed by atoms with van der Waals surface area (Å²) < 4.78 is 4.67. The van der Waals surface area contributed by atoms with Gasteiger partial charge in [0.1, 0.15) is 11.3 Å². The van der Waals surface area contributed by atoms with Crippen molar-refractivity contribution in [2.24, 2.45) is 16.2 Å². The molecule has 0 saturated heterocycles. The SMILES string of the molecule is COC(=O)c1cc(NC(=O)C(C)(C)CC(C)(C)/C(C)=C/CC(C)(C)C)ccc1O. The molecule has 0 aliphatic rings. The Balaban J connectivity index is 2.97. The number of nitrogens with one attached hydrogen (secondary N) is 1. The lowest BCUT2D eigenvalue weighted by atomic mass is 9.70. The van der Waals surface area contributed by atoms with E-state index in [2.05, 4.69) is 57.7 Å². The van der Waals surface area contributed by atoms with E-state index in [1.165, 1.54) is 24.8 Å². The molecule has 0 fully saturated rings. The second-order valence-corrected chi connectivity index (χ2v) is 10.3. The van der Waals surface area contributed by atoms with Crippen LogP contribution in [0.2, 0.25) is 0 Å². The first kappa shape index (κ1) is 24.7. The zero-order valence-electron chi connectivity index (χ0n) is 19.4. The molecule has 0 atom stereocenters. The number of carbonyl (C=O) groups is 2. The van der Waals surface area contributed by atoms with Gasteiger partial charge in [-0.25, -0.2) is 4.79 Å². The molecule has 5 heteroatoms. The fraction of sp³-hybridized carbons (Fsp3) is 0.583. The highest BCUT2D eigenvalue weighted by Crippen LogP contribution is 2.40. The number of carbonyl (C=O) groups excluding carboxylic acids is 2. The standard InChI is InChI=1S/C24H37NO4/c1-16(12-13-22(2,3)4)23(5,6)15-24(7,8)21(28)25-17-10-11-19(26)18(14-17)20(27)29-9/h10-12,14,26H,13,15H2,1-9H3,(H,25,28)/b16-12+. The molecule has 0 radical (unpaired) electrons. The van der Waals surface area contributed by atoms with Crippen LogP contribution in [0.15, 0.2) is 29.8 Å². The van der Waals surface area contributed by atoms with Crippen molar-refractivity contribution in [1.29, 1.82) is 0 Å². The summed E-state index contributed by atoms with van der Waals surface area (Å²) in [5.74, 6) is -0.982. The van der Waals surface area contributed by atoms with E-state index in [0.29, 0.717) is 12.1 Å². The number of benzene rings is 1. The number of allylic oxidation sites excluding steroid dienone is 2. The quantitative estimate of drug-likeness (QED) is 0.335. The van der Waals surface area contributed by atoms with Crippen LogP contribution in [0.25, 0.3) is 0 Å². The molecule has 0 aromatic heterocycles. The van der Waals surface area contributed by atoms with Crippen LogP contribution in [-0.2, 0) is 9.53 Å². The van der Waals surface area contributed by atoms with Crippen molar-refractivity contribution in [2.45, 2.75) is 68.2 Å². The van der Waals surface area contributed by atoms with E-state index in [0.717, 1.165) is 6.42 Å². The minimum Gasteiger partial charge on any atom is -0.507 e. The Morgan fingerprint density at radius 1 is 1.07 bits per heavy atom. The van der Waals surface area contributed by atoms with Crippen molar-refractivity contribution >= 4 is 17.6 Å². The molecule has 1 aromatic carbocycles. The number of phenolic OH excluding ortho intramolecular Hbond substituents is 1. The Hall–Kier alpha value is -2.30. The van der Waals surface area contributed by atoms with Gasteiger partial charge in [-0.05, 0) is 48.8 Å². The maximum atomic E-state index is 13.0. The largest absolute Gasteiger partial charge is 0.507 e. The van der Waals surface area contributed by atoms with Gasteiger partial charge < -0.3 is 15.2 Å². The van der Waals surface area contributed by atoms with Gasteiger partial charge in [0.05, 0.1) is 7.11 Å². The minimum atomic E-state index is -0.654. The van der Waals surface area contributed by atoms with E-state index in [4.69, 9.17) is 0 Å². The first-order chi connectivity index (χ1) is 13.1. The maximum absolute atomic E-state index is 13.0. The van der Waals surface area contributed by atoms with Crippen LogP contribution in [0.5, 0.6) is 5.75 Å². The lowest BCUT2D eigenvalue weighted by Crippen LogP contribution is -2.35. The number of aromatic hydroxyl groups is 1. The van der Waals surface area contributed by atoms with Gasteiger partial charge in [0.2, 0.25) is 5.91 Å². The third-order valence-corrected chi connectivity index (χ3v) is 5.25. The van der Waals surface area contributed by atoms with Gasteiger partial charge >= 0.3 is 5.97 Å². The number of rotatable bonds is 7. The number of hydrogen-bond donors (Lipinski definition) is 2. The molecule has 0 bridgehead atoms. The van der Waals surface area contributed by atoms with Crippen molar-refractivity contribution in [3.8, 4) is 5.75 Å². The first-order valence-corrected chi connectivity index (χ1v) is 9.99. The highest BCUT2D eigenvalue weighted by molar-refractivity contribution is 5.98.